The van der Waals surface area contributed by atoms with E-state index < -0.39 is 12.1 Å². The van der Waals surface area contributed by atoms with Crippen LogP contribution in [0.2, 0.25) is 0 Å². The zero-order valence-electron chi connectivity index (χ0n) is 10.4. The van der Waals surface area contributed by atoms with Gasteiger partial charge in [-0.1, -0.05) is 18.2 Å². The number of para-hydroxylation sites is 1. The van der Waals surface area contributed by atoms with E-state index in [9.17, 15) is 13.2 Å². The average Bonchev–Trinajstić information content (AvgIpc) is 2.40. The van der Waals surface area contributed by atoms with E-state index >= 15 is 0 Å². The number of carbonyl (C=O) groups is 1. The fourth-order valence-corrected chi connectivity index (χ4v) is 1.79. The molecule has 1 N–H and O–H groups in total. The molecule has 0 aliphatic carbocycles. The van der Waals surface area contributed by atoms with Crippen LogP contribution < -0.4 is 4.90 Å². The van der Waals surface area contributed by atoms with Crippen molar-refractivity contribution in [2.45, 2.75) is 25.4 Å². The van der Waals surface area contributed by atoms with Crippen LogP contribution in [0.15, 0.2) is 30.3 Å². The molecule has 1 fully saturated rings. The van der Waals surface area contributed by atoms with Gasteiger partial charge < -0.3 is 10.0 Å². The molecule has 0 unspecified atom stereocenters. The van der Waals surface area contributed by atoms with Gasteiger partial charge in [0.2, 0.25) is 0 Å². The molecule has 1 aliphatic rings. The second kappa shape index (κ2) is 7.01. The van der Waals surface area contributed by atoms with Crippen molar-refractivity contribution in [3.8, 4) is 0 Å². The van der Waals surface area contributed by atoms with Crippen LogP contribution in [0.3, 0.4) is 0 Å². The van der Waals surface area contributed by atoms with Gasteiger partial charge in [0.1, 0.15) is 0 Å². The van der Waals surface area contributed by atoms with E-state index in [1.165, 1.54) is 38.0 Å². The van der Waals surface area contributed by atoms with E-state index in [1.54, 1.807) is 0 Å². The highest BCUT2D eigenvalue weighted by atomic mass is 19.4. The summed E-state index contributed by atoms with van der Waals surface area (Å²) < 4.78 is 31.7. The molecule has 0 radical (unpaired) electrons. The van der Waals surface area contributed by atoms with Gasteiger partial charge >= 0.3 is 12.1 Å². The highest BCUT2D eigenvalue weighted by Crippen LogP contribution is 2.18. The zero-order valence-corrected chi connectivity index (χ0v) is 10.4. The maximum absolute atomic E-state index is 10.6. The first-order valence-electron chi connectivity index (χ1n) is 6.01. The number of rotatable bonds is 1. The molecule has 0 atom stereocenters. The molecule has 3 nitrogen and oxygen atoms in total. The molecule has 1 saturated heterocycles. The molecule has 1 aromatic rings. The normalized spacial score (nSPS) is 15.4. The Bertz CT molecular complexity index is 387. The fourth-order valence-electron chi connectivity index (χ4n) is 1.79. The van der Waals surface area contributed by atoms with Gasteiger partial charge in [-0.25, -0.2) is 4.79 Å². The molecule has 106 valence electrons. The Morgan fingerprint density at radius 3 is 1.95 bits per heavy atom. The Morgan fingerprint density at radius 2 is 1.53 bits per heavy atom. The van der Waals surface area contributed by atoms with E-state index in [4.69, 9.17) is 9.90 Å². The van der Waals surface area contributed by atoms with Gasteiger partial charge in [0, 0.05) is 18.8 Å². The van der Waals surface area contributed by atoms with E-state index in [1.807, 2.05) is 0 Å². The van der Waals surface area contributed by atoms with Gasteiger partial charge in [-0.2, -0.15) is 13.2 Å². The Kier molecular flexibility index (Phi) is 5.66. The number of hydrogen-bond donors (Lipinski definition) is 1. The van der Waals surface area contributed by atoms with Crippen LogP contribution in [-0.2, 0) is 4.79 Å². The third-order valence-corrected chi connectivity index (χ3v) is 2.72. The molecule has 0 saturated carbocycles. The highest BCUT2D eigenvalue weighted by Gasteiger charge is 2.38. The van der Waals surface area contributed by atoms with Gasteiger partial charge in [-0.15, -0.1) is 0 Å². The number of alkyl halides is 3. The van der Waals surface area contributed by atoms with Gasteiger partial charge in [-0.05, 0) is 31.4 Å². The number of piperidine rings is 1. The first kappa shape index (κ1) is 15.3. The lowest BCUT2D eigenvalue weighted by Crippen LogP contribution is -2.29. The number of hydrogen-bond acceptors (Lipinski definition) is 2. The minimum absolute atomic E-state index is 1.24. The molecule has 0 aromatic heterocycles. The van der Waals surface area contributed by atoms with Gasteiger partial charge in [-0.3, -0.25) is 0 Å². The van der Waals surface area contributed by atoms with Crippen molar-refractivity contribution in [3.63, 3.8) is 0 Å². The predicted molar refractivity (Wildman–Crippen MR) is 66.2 cm³/mol. The number of aliphatic carboxylic acids is 1. The molecule has 1 heterocycles. The first-order valence-corrected chi connectivity index (χ1v) is 6.01. The number of benzene rings is 1. The van der Waals surface area contributed by atoms with Crippen molar-refractivity contribution >= 4 is 11.7 Å². The third kappa shape index (κ3) is 5.63. The maximum Gasteiger partial charge on any atom is 0.490 e. The molecule has 2 rings (SSSR count). The second-order valence-electron chi connectivity index (χ2n) is 4.19. The lowest BCUT2D eigenvalue weighted by atomic mass is 10.1. The minimum atomic E-state index is -5.08. The van der Waals surface area contributed by atoms with Crippen LogP contribution in [0.4, 0.5) is 18.9 Å². The summed E-state index contributed by atoms with van der Waals surface area (Å²) in [6.07, 6.45) is -0.965. The molecule has 0 amide bonds. The summed E-state index contributed by atoms with van der Waals surface area (Å²) in [5.41, 5.74) is 1.39. The number of carboxylic acids is 1. The molecular weight excluding hydrogens is 259 g/mol. The largest absolute Gasteiger partial charge is 0.490 e. The summed E-state index contributed by atoms with van der Waals surface area (Å²) >= 11 is 0. The van der Waals surface area contributed by atoms with E-state index in [-0.39, 0.29) is 0 Å². The summed E-state index contributed by atoms with van der Waals surface area (Å²) in [4.78, 5) is 11.4. The number of nitrogens with zero attached hydrogens (tertiary/aromatic N) is 1. The smallest absolute Gasteiger partial charge is 0.475 e. The maximum atomic E-state index is 10.6. The Labute approximate surface area is 109 Å². The van der Waals surface area contributed by atoms with Crippen molar-refractivity contribution < 1.29 is 23.1 Å². The molecule has 0 spiro atoms. The van der Waals surface area contributed by atoms with Crippen LogP contribution in [0.1, 0.15) is 19.3 Å². The Balaban J connectivity index is 0.000000224. The lowest BCUT2D eigenvalue weighted by molar-refractivity contribution is -0.192. The second-order valence-corrected chi connectivity index (χ2v) is 4.19. The van der Waals surface area contributed by atoms with Gasteiger partial charge in [0.25, 0.3) is 0 Å². The molecule has 0 bridgehead atoms. The van der Waals surface area contributed by atoms with Gasteiger partial charge in [0.15, 0.2) is 0 Å². The van der Waals surface area contributed by atoms with Crippen LogP contribution in [0.25, 0.3) is 0 Å². The quantitative estimate of drug-likeness (QED) is 0.854. The minimum Gasteiger partial charge on any atom is -0.475 e. The standard InChI is InChI=1S/C11H15N.C2HF3O2/c1-3-7-11(8-4-1)12-9-5-2-6-10-12;3-2(4,5)1(6)7/h1,3-4,7-8H,2,5-6,9-10H2;(H,6,7). The van der Waals surface area contributed by atoms with Crippen molar-refractivity contribution in [2.24, 2.45) is 0 Å². The third-order valence-electron chi connectivity index (χ3n) is 2.72. The summed E-state index contributed by atoms with van der Waals surface area (Å²) in [6, 6.07) is 10.7. The molecule has 19 heavy (non-hydrogen) atoms. The van der Waals surface area contributed by atoms with Crippen molar-refractivity contribution in [3.05, 3.63) is 30.3 Å². The van der Waals surface area contributed by atoms with Crippen LogP contribution in [-0.4, -0.2) is 30.3 Å². The van der Waals surface area contributed by atoms with Gasteiger partial charge in [0.05, 0.1) is 0 Å². The van der Waals surface area contributed by atoms with Crippen molar-refractivity contribution in [1.29, 1.82) is 0 Å². The van der Waals surface area contributed by atoms with Crippen molar-refractivity contribution in [2.75, 3.05) is 18.0 Å². The van der Waals surface area contributed by atoms with Crippen LogP contribution in [0.5, 0.6) is 0 Å². The number of anilines is 1. The monoisotopic (exact) mass is 275 g/mol. The van der Waals surface area contributed by atoms with Crippen LogP contribution in [0, 0.1) is 0 Å². The highest BCUT2D eigenvalue weighted by molar-refractivity contribution is 5.73. The summed E-state index contributed by atoms with van der Waals surface area (Å²) in [5.74, 6) is -2.76. The van der Waals surface area contributed by atoms with E-state index in [0.29, 0.717) is 0 Å². The molecule has 6 heteroatoms. The van der Waals surface area contributed by atoms with Crippen molar-refractivity contribution in [1.82, 2.24) is 0 Å². The summed E-state index contributed by atoms with van der Waals surface area (Å²) in [5, 5.41) is 7.12. The summed E-state index contributed by atoms with van der Waals surface area (Å²) in [6.45, 7) is 2.48. The number of carboxylic acid groups (broad SMARTS) is 1. The molecule has 1 aliphatic heterocycles. The lowest BCUT2D eigenvalue weighted by Gasteiger charge is -2.28. The van der Waals surface area contributed by atoms with E-state index in [2.05, 4.69) is 35.2 Å². The summed E-state index contributed by atoms with van der Waals surface area (Å²) in [7, 11) is 0. The zero-order chi connectivity index (χ0) is 14.3. The molecule has 1 aromatic carbocycles. The SMILES string of the molecule is O=C(O)C(F)(F)F.c1ccc(N2CCCCC2)cc1. The fraction of sp³-hybridized carbons (Fsp3) is 0.462. The molecular formula is C13H16F3NO2. The average molecular weight is 275 g/mol. The number of halogens is 3. The Morgan fingerprint density at radius 1 is 1.05 bits per heavy atom. The van der Waals surface area contributed by atoms with Crippen LogP contribution >= 0.6 is 0 Å². The Hall–Kier alpha value is -1.72. The predicted octanol–water partition coefficient (Wildman–Crippen LogP) is 3.31. The van der Waals surface area contributed by atoms with E-state index in [0.717, 1.165) is 0 Å². The topological polar surface area (TPSA) is 40.5 Å². The first-order chi connectivity index (χ1) is 8.91.